The summed E-state index contributed by atoms with van der Waals surface area (Å²) in [5, 5.41) is 10.5. The molecule has 0 bridgehead atoms. The highest BCUT2D eigenvalue weighted by Gasteiger charge is 2.28. The van der Waals surface area contributed by atoms with Gasteiger partial charge in [0.05, 0.1) is 23.7 Å². The largest absolute Gasteiger partial charge is 0.220 e. The second-order valence-corrected chi connectivity index (χ2v) is 7.79. The lowest BCUT2D eigenvalue weighted by atomic mass is 10.0. The molecule has 6 nitrogen and oxygen atoms in total. The van der Waals surface area contributed by atoms with Gasteiger partial charge in [0.25, 0.3) is 0 Å². The number of hydrogen-bond acceptors (Lipinski definition) is 4. The SMILES string of the molecule is CC(C)(NS(C)(=O)=O)c1cn(-c2cccc3ccccc23)nn1. The Morgan fingerprint density at radius 2 is 1.78 bits per heavy atom. The zero-order valence-electron chi connectivity index (χ0n) is 13.2. The molecule has 3 aromatic rings. The summed E-state index contributed by atoms with van der Waals surface area (Å²) in [6.07, 6.45) is 2.88. The molecule has 0 aliphatic heterocycles. The molecular weight excluding hydrogens is 312 g/mol. The Labute approximate surface area is 135 Å². The van der Waals surface area contributed by atoms with E-state index in [-0.39, 0.29) is 0 Å². The van der Waals surface area contributed by atoms with Gasteiger partial charge in [-0.3, -0.25) is 0 Å². The van der Waals surface area contributed by atoms with Crippen molar-refractivity contribution in [3.8, 4) is 5.69 Å². The molecule has 0 spiro atoms. The summed E-state index contributed by atoms with van der Waals surface area (Å²) in [4.78, 5) is 0. The van der Waals surface area contributed by atoms with Gasteiger partial charge in [-0.05, 0) is 25.3 Å². The number of benzene rings is 2. The van der Waals surface area contributed by atoms with E-state index in [0.29, 0.717) is 5.69 Å². The van der Waals surface area contributed by atoms with Crippen LogP contribution in [0.15, 0.2) is 48.7 Å². The number of hydrogen-bond donors (Lipinski definition) is 1. The van der Waals surface area contributed by atoms with Crippen molar-refractivity contribution in [2.24, 2.45) is 0 Å². The zero-order chi connectivity index (χ0) is 16.7. The number of fused-ring (bicyclic) bond motifs is 1. The Morgan fingerprint density at radius 1 is 1.09 bits per heavy atom. The van der Waals surface area contributed by atoms with E-state index >= 15 is 0 Å². The summed E-state index contributed by atoms with van der Waals surface area (Å²) in [7, 11) is -3.35. The first-order chi connectivity index (χ1) is 10.8. The average molecular weight is 330 g/mol. The molecule has 0 saturated heterocycles. The highest BCUT2D eigenvalue weighted by Crippen LogP contribution is 2.24. The first kappa shape index (κ1) is 15.6. The second kappa shape index (κ2) is 5.43. The van der Waals surface area contributed by atoms with Gasteiger partial charge in [0, 0.05) is 5.39 Å². The van der Waals surface area contributed by atoms with Gasteiger partial charge < -0.3 is 0 Å². The second-order valence-electron chi connectivity index (χ2n) is 6.05. The maximum absolute atomic E-state index is 11.5. The molecular formula is C16H18N4O2S. The summed E-state index contributed by atoms with van der Waals surface area (Å²) < 4.78 is 27.3. The molecule has 2 aromatic carbocycles. The first-order valence-corrected chi connectivity index (χ1v) is 9.05. The van der Waals surface area contributed by atoms with E-state index in [2.05, 4.69) is 15.0 Å². The fourth-order valence-corrected chi connectivity index (χ4v) is 3.62. The van der Waals surface area contributed by atoms with Crippen LogP contribution in [0.3, 0.4) is 0 Å². The van der Waals surface area contributed by atoms with Crippen molar-refractivity contribution < 1.29 is 8.42 Å². The molecule has 1 aromatic heterocycles. The molecule has 0 fully saturated rings. The molecule has 0 saturated carbocycles. The molecule has 7 heteroatoms. The van der Waals surface area contributed by atoms with Gasteiger partial charge in [-0.1, -0.05) is 41.6 Å². The summed E-state index contributed by atoms with van der Waals surface area (Å²) in [5.41, 5.74) is 0.615. The Morgan fingerprint density at radius 3 is 2.52 bits per heavy atom. The maximum atomic E-state index is 11.5. The highest BCUT2D eigenvalue weighted by atomic mass is 32.2. The molecule has 0 radical (unpaired) electrons. The van der Waals surface area contributed by atoms with Gasteiger partial charge >= 0.3 is 0 Å². The Bertz CT molecular complexity index is 956. The van der Waals surface area contributed by atoms with Crippen LogP contribution in [0.4, 0.5) is 0 Å². The highest BCUT2D eigenvalue weighted by molar-refractivity contribution is 7.88. The third kappa shape index (κ3) is 3.25. The van der Waals surface area contributed by atoms with Crippen LogP contribution in [0.25, 0.3) is 16.5 Å². The van der Waals surface area contributed by atoms with Gasteiger partial charge in [-0.15, -0.1) is 5.10 Å². The topological polar surface area (TPSA) is 76.9 Å². The van der Waals surface area contributed by atoms with E-state index in [1.54, 1.807) is 24.7 Å². The van der Waals surface area contributed by atoms with Crippen LogP contribution < -0.4 is 4.72 Å². The minimum absolute atomic E-state index is 0.552. The lowest BCUT2D eigenvalue weighted by Crippen LogP contribution is -2.40. The molecule has 1 N–H and O–H groups in total. The molecule has 120 valence electrons. The van der Waals surface area contributed by atoms with Crippen LogP contribution >= 0.6 is 0 Å². The number of nitrogens with one attached hydrogen (secondary N) is 1. The molecule has 23 heavy (non-hydrogen) atoms. The summed E-state index contributed by atoms with van der Waals surface area (Å²) in [6.45, 7) is 3.51. The van der Waals surface area contributed by atoms with Crippen molar-refractivity contribution >= 4 is 20.8 Å². The predicted octanol–water partition coefficient (Wildman–Crippen LogP) is 2.20. The van der Waals surface area contributed by atoms with E-state index < -0.39 is 15.6 Å². The standard InChI is InChI=1S/C16H18N4O2S/c1-16(2,18-23(3,21)22)15-11-20(19-17-15)14-10-6-8-12-7-4-5-9-13(12)14/h4-11,18H,1-3H3. The van der Waals surface area contributed by atoms with Crippen LogP contribution in [0.2, 0.25) is 0 Å². The van der Waals surface area contributed by atoms with Gasteiger partial charge in [-0.2, -0.15) is 0 Å². The molecule has 0 amide bonds. The average Bonchev–Trinajstić information content (AvgIpc) is 2.94. The summed E-state index contributed by atoms with van der Waals surface area (Å²) in [5.74, 6) is 0. The van der Waals surface area contributed by atoms with Gasteiger partial charge in [0.15, 0.2) is 0 Å². The van der Waals surface area contributed by atoms with Gasteiger partial charge in [0.2, 0.25) is 10.0 Å². The third-order valence-corrected chi connectivity index (χ3v) is 4.47. The molecule has 0 aliphatic carbocycles. The lowest BCUT2D eigenvalue weighted by Gasteiger charge is -2.21. The Balaban J connectivity index is 2.05. The molecule has 3 rings (SSSR count). The van der Waals surface area contributed by atoms with E-state index in [4.69, 9.17) is 0 Å². The van der Waals surface area contributed by atoms with Gasteiger partial charge in [-0.25, -0.2) is 17.8 Å². The van der Waals surface area contributed by atoms with Crippen LogP contribution in [0.5, 0.6) is 0 Å². The normalized spacial score (nSPS) is 12.7. The van der Waals surface area contributed by atoms with E-state index in [0.717, 1.165) is 22.7 Å². The van der Waals surface area contributed by atoms with Crippen LogP contribution in [-0.2, 0) is 15.6 Å². The van der Waals surface area contributed by atoms with E-state index in [1.165, 1.54) is 0 Å². The minimum Gasteiger partial charge on any atom is -0.220 e. The van der Waals surface area contributed by atoms with E-state index in [1.807, 2.05) is 42.5 Å². The van der Waals surface area contributed by atoms with Crippen molar-refractivity contribution in [3.05, 3.63) is 54.4 Å². The van der Waals surface area contributed by atoms with Crippen LogP contribution in [-0.4, -0.2) is 29.7 Å². The van der Waals surface area contributed by atoms with Crippen molar-refractivity contribution in [2.75, 3.05) is 6.26 Å². The fraction of sp³-hybridized carbons (Fsp3) is 0.250. The minimum atomic E-state index is -3.35. The maximum Gasteiger partial charge on any atom is 0.209 e. The molecule has 1 heterocycles. The quantitative estimate of drug-likeness (QED) is 0.795. The fourth-order valence-electron chi connectivity index (χ4n) is 2.59. The number of sulfonamides is 1. The van der Waals surface area contributed by atoms with Crippen molar-refractivity contribution in [3.63, 3.8) is 0 Å². The zero-order valence-corrected chi connectivity index (χ0v) is 14.0. The first-order valence-electron chi connectivity index (χ1n) is 7.16. The van der Waals surface area contributed by atoms with Crippen molar-refractivity contribution in [2.45, 2.75) is 19.4 Å². The van der Waals surface area contributed by atoms with E-state index in [9.17, 15) is 8.42 Å². The summed E-state index contributed by atoms with van der Waals surface area (Å²) in [6, 6.07) is 14.0. The Kier molecular flexibility index (Phi) is 3.69. The van der Waals surface area contributed by atoms with Crippen LogP contribution in [0.1, 0.15) is 19.5 Å². The molecule has 0 atom stereocenters. The van der Waals surface area contributed by atoms with Crippen molar-refractivity contribution in [1.29, 1.82) is 0 Å². The smallest absolute Gasteiger partial charge is 0.209 e. The summed E-state index contributed by atoms with van der Waals surface area (Å²) >= 11 is 0. The third-order valence-electron chi connectivity index (χ3n) is 3.59. The monoisotopic (exact) mass is 330 g/mol. The van der Waals surface area contributed by atoms with Crippen LogP contribution in [0, 0.1) is 0 Å². The number of nitrogens with zero attached hydrogens (tertiary/aromatic N) is 3. The van der Waals surface area contributed by atoms with Gasteiger partial charge in [0.1, 0.15) is 5.69 Å². The number of aromatic nitrogens is 3. The molecule has 0 unspecified atom stereocenters. The number of rotatable bonds is 4. The molecule has 0 aliphatic rings. The Hall–Kier alpha value is -2.25. The lowest BCUT2D eigenvalue weighted by molar-refractivity contribution is 0.462. The predicted molar refractivity (Wildman–Crippen MR) is 89.9 cm³/mol. The van der Waals surface area contributed by atoms with Crippen molar-refractivity contribution in [1.82, 2.24) is 19.7 Å².